The summed E-state index contributed by atoms with van der Waals surface area (Å²) >= 11 is 0. The van der Waals surface area contributed by atoms with E-state index in [1.807, 2.05) is 0 Å². The molecule has 0 aliphatic rings. The topological polar surface area (TPSA) is 6.48 Å². The molecule has 0 unspecified atom stereocenters. The minimum atomic E-state index is 1.13. The molecule has 2 nitrogen and oxygen atoms in total. The van der Waals surface area contributed by atoms with Crippen molar-refractivity contribution in [1.29, 1.82) is 0 Å². The highest BCUT2D eigenvalue weighted by Gasteiger charge is 2.25. The van der Waals surface area contributed by atoms with Gasteiger partial charge in [0.25, 0.3) is 0 Å². The Bertz CT molecular complexity index is 2520. The lowest BCUT2D eigenvalue weighted by Gasteiger charge is -2.31. The van der Waals surface area contributed by atoms with Gasteiger partial charge in [-0.25, -0.2) is 0 Å². The molecule has 234 valence electrons. The predicted octanol–water partition coefficient (Wildman–Crippen LogP) is 13.8. The number of nitrogens with zero attached hydrogens (tertiary/aromatic N) is 2. The van der Waals surface area contributed by atoms with E-state index < -0.39 is 0 Å². The van der Waals surface area contributed by atoms with Gasteiger partial charge >= 0.3 is 0 Å². The van der Waals surface area contributed by atoms with Crippen LogP contribution >= 0.6 is 0 Å². The fourth-order valence-electron chi connectivity index (χ4n) is 8.10. The van der Waals surface area contributed by atoms with Crippen LogP contribution in [0.4, 0.5) is 34.1 Å². The molecule has 0 radical (unpaired) electrons. The molecule has 0 aliphatic heterocycles. The molecule has 0 amide bonds. The minimum Gasteiger partial charge on any atom is -0.310 e. The third-order valence-corrected chi connectivity index (χ3v) is 10.1. The molecule has 10 aromatic carbocycles. The first-order chi connectivity index (χ1) is 24.9. The van der Waals surface area contributed by atoms with Gasteiger partial charge in [0.1, 0.15) is 0 Å². The second kappa shape index (κ2) is 11.5. The SMILES string of the molecule is c1ccc(N(c2ccccc2)c2ccc3c4ccccc4c4c(N(c5ccccc5)c5ccccc5)ccc5c6ccccc6c2c3c54)cc1. The number of para-hydroxylation sites is 4. The third kappa shape index (κ3) is 4.29. The normalized spacial score (nSPS) is 11.6. The molecule has 50 heavy (non-hydrogen) atoms. The summed E-state index contributed by atoms with van der Waals surface area (Å²) in [4.78, 5) is 4.84. The number of rotatable bonds is 6. The summed E-state index contributed by atoms with van der Waals surface area (Å²) < 4.78 is 0. The maximum absolute atomic E-state index is 2.42. The zero-order chi connectivity index (χ0) is 33.0. The van der Waals surface area contributed by atoms with Gasteiger partial charge in [0.15, 0.2) is 0 Å². The first-order valence-electron chi connectivity index (χ1n) is 17.2. The Kier molecular flexibility index (Phi) is 6.53. The molecule has 0 heterocycles. The van der Waals surface area contributed by atoms with Crippen molar-refractivity contribution in [2.75, 3.05) is 9.80 Å². The van der Waals surface area contributed by atoms with E-state index in [0.717, 1.165) is 34.1 Å². The Labute approximate surface area is 291 Å². The van der Waals surface area contributed by atoms with Crippen LogP contribution < -0.4 is 9.80 Å². The third-order valence-electron chi connectivity index (χ3n) is 10.1. The van der Waals surface area contributed by atoms with E-state index in [-0.39, 0.29) is 0 Å². The lowest BCUT2D eigenvalue weighted by molar-refractivity contribution is 1.30. The van der Waals surface area contributed by atoms with Gasteiger partial charge in [-0.15, -0.1) is 0 Å². The summed E-state index contributed by atoms with van der Waals surface area (Å²) in [5.74, 6) is 0. The Morgan fingerprint density at radius 2 is 0.460 bits per heavy atom. The molecule has 0 atom stereocenters. The zero-order valence-electron chi connectivity index (χ0n) is 27.4. The summed E-state index contributed by atoms with van der Waals surface area (Å²) in [6, 6.07) is 70.3. The lowest BCUT2D eigenvalue weighted by atomic mass is 9.84. The summed E-state index contributed by atoms with van der Waals surface area (Å²) in [5.41, 5.74) is 6.84. The summed E-state index contributed by atoms with van der Waals surface area (Å²) in [7, 11) is 0. The number of anilines is 6. The Morgan fingerprint density at radius 1 is 0.200 bits per heavy atom. The van der Waals surface area contributed by atoms with Gasteiger partial charge in [-0.05, 0) is 93.0 Å². The largest absolute Gasteiger partial charge is 0.310 e. The van der Waals surface area contributed by atoms with E-state index in [2.05, 4.69) is 204 Å². The van der Waals surface area contributed by atoms with Crippen LogP contribution in [-0.4, -0.2) is 0 Å². The van der Waals surface area contributed by atoms with Gasteiger partial charge in [-0.2, -0.15) is 0 Å². The van der Waals surface area contributed by atoms with Crippen LogP contribution in [0.1, 0.15) is 0 Å². The van der Waals surface area contributed by atoms with Crippen LogP contribution in [0.3, 0.4) is 0 Å². The molecule has 10 aromatic rings. The van der Waals surface area contributed by atoms with Crippen molar-refractivity contribution in [2.45, 2.75) is 0 Å². The first kappa shape index (κ1) is 28.4. The number of hydrogen-bond acceptors (Lipinski definition) is 2. The van der Waals surface area contributed by atoms with Crippen LogP contribution in [0.15, 0.2) is 194 Å². The van der Waals surface area contributed by atoms with Crippen molar-refractivity contribution in [3.05, 3.63) is 194 Å². The summed E-state index contributed by atoms with van der Waals surface area (Å²) in [5, 5.41) is 12.7. The van der Waals surface area contributed by atoms with Crippen molar-refractivity contribution in [1.82, 2.24) is 0 Å². The van der Waals surface area contributed by atoms with E-state index in [4.69, 9.17) is 0 Å². The minimum absolute atomic E-state index is 1.13. The fourth-order valence-corrected chi connectivity index (χ4v) is 8.10. The van der Waals surface area contributed by atoms with Crippen LogP contribution in [0.2, 0.25) is 0 Å². The monoisotopic (exact) mass is 636 g/mol. The average Bonchev–Trinajstić information content (AvgIpc) is 3.20. The van der Waals surface area contributed by atoms with Crippen molar-refractivity contribution in [3.8, 4) is 0 Å². The van der Waals surface area contributed by atoms with Crippen LogP contribution in [0.25, 0.3) is 53.9 Å². The number of hydrogen-bond donors (Lipinski definition) is 0. The maximum Gasteiger partial charge on any atom is 0.0546 e. The molecular formula is C48H32N2. The van der Waals surface area contributed by atoms with Crippen LogP contribution in [0.5, 0.6) is 0 Å². The number of benzene rings is 10. The molecule has 2 heteroatoms. The Balaban J connectivity index is 1.43. The molecule has 0 spiro atoms. The smallest absolute Gasteiger partial charge is 0.0546 e. The highest BCUT2D eigenvalue weighted by molar-refractivity contribution is 6.43. The van der Waals surface area contributed by atoms with Gasteiger partial charge < -0.3 is 9.80 Å². The van der Waals surface area contributed by atoms with Gasteiger partial charge in [0, 0.05) is 44.3 Å². The van der Waals surface area contributed by atoms with Gasteiger partial charge in [0.2, 0.25) is 0 Å². The molecule has 10 rings (SSSR count). The zero-order valence-corrected chi connectivity index (χ0v) is 27.4. The van der Waals surface area contributed by atoms with Crippen molar-refractivity contribution in [3.63, 3.8) is 0 Å². The maximum atomic E-state index is 2.42. The highest BCUT2D eigenvalue weighted by atomic mass is 15.1. The van der Waals surface area contributed by atoms with E-state index in [1.165, 1.54) is 53.9 Å². The quantitative estimate of drug-likeness (QED) is 0.132. The lowest BCUT2D eigenvalue weighted by Crippen LogP contribution is -2.11. The molecule has 0 N–H and O–H groups in total. The van der Waals surface area contributed by atoms with Crippen molar-refractivity contribution < 1.29 is 0 Å². The second-order valence-electron chi connectivity index (χ2n) is 12.9. The average molecular weight is 637 g/mol. The van der Waals surface area contributed by atoms with Gasteiger partial charge in [-0.1, -0.05) is 133 Å². The van der Waals surface area contributed by atoms with E-state index in [1.54, 1.807) is 0 Å². The summed E-state index contributed by atoms with van der Waals surface area (Å²) in [6.45, 7) is 0. The van der Waals surface area contributed by atoms with Crippen LogP contribution in [0, 0.1) is 0 Å². The molecule has 0 aromatic heterocycles. The van der Waals surface area contributed by atoms with E-state index in [0.29, 0.717) is 0 Å². The molecular weight excluding hydrogens is 605 g/mol. The van der Waals surface area contributed by atoms with Crippen molar-refractivity contribution in [2.24, 2.45) is 0 Å². The molecule has 0 bridgehead atoms. The number of fused-ring (bicyclic) bond motifs is 6. The Hall–Kier alpha value is -6.64. The highest BCUT2D eigenvalue weighted by Crippen LogP contribution is 2.53. The predicted molar refractivity (Wildman–Crippen MR) is 215 cm³/mol. The molecule has 0 saturated carbocycles. The first-order valence-corrected chi connectivity index (χ1v) is 17.2. The Morgan fingerprint density at radius 3 is 0.780 bits per heavy atom. The summed E-state index contributed by atoms with van der Waals surface area (Å²) in [6.07, 6.45) is 0. The molecule has 0 aliphatic carbocycles. The van der Waals surface area contributed by atoms with E-state index in [9.17, 15) is 0 Å². The van der Waals surface area contributed by atoms with Crippen LogP contribution in [-0.2, 0) is 0 Å². The second-order valence-corrected chi connectivity index (χ2v) is 12.9. The standard InChI is InChI=1S/C48H32N2/c1-5-17-33(18-6-1)49(34-19-7-2-8-20-34)43-31-29-41-38-26-14-16-28-40(38)46-44(50(35-21-9-3-10-22-35)36-23-11-4-12-24-36)32-30-42-37-25-13-15-27-39(37)45(43)47(41)48(42)46/h1-32H. The van der Waals surface area contributed by atoms with Gasteiger partial charge in [0.05, 0.1) is 11.4 Å². The van der Waals surface area contributed by atoms with Crippen molar-refractivity contribution >= 4 is 88.0 Å². The van der Waals surface area contributed by atoms with E-state index >= 15 is 0 Å². The van der Waals surface area contributed by atoms with Gasteiger partial charge in [-0.3, -0.25) is 0 Å². The fraction of sp³-hybridized carbons (Fsp3) is 0. The molecule has 0 fully saturated rings. The molecule has 0 saturated heterocycles.